The molecule has 2 heterocycles. The summed E-state index contributed by atoms with van der Waals surface area (Å²) in [5.41, 5.74) is 1.05. The Bertz CT molecular complexity index is 807. The first kappa shape index (κ1) is 20.3. The summed E-state index contributed by atoms with van der Waals surface area (Å²) in [4.78, 5) is 29.9. The Hall–Kier alpha value is -2.41. The lowest BCUT2D eigenvalue weighted by atomic mass is 10.1. The van der Waals surface area contributed by atoms with Gasteiger partial charge in [0, 0.05) is 38.6 Å². The van der Waals surface area contributed by atoms with Gasteiger partial charge in [-0.25, -0.2) is 0 Å². The van der Waals surface area contributed by atoms with Crippen LogP contribution in [0.1, 0.15) is 37.1 Å². The molecule has 1 amide bonds. The van der Waals surface area contributed by atoms with Crippen LogP contribution in [0.3, 0.4) is 0 Å². The summed E-state index contributed by atoms with van der Waals surface area (Å²) in [5.74, 6) is 1.85. The quantitative estimate of drug-likeness (QED) is 0.767. The fourth-order valence-electron chi connectivity index (χ4n) is 3.13. The summed E-state index contributed by atoms with van der Waals surface area (Å²) < 4.78 is 0. The molecule has 1 saturated heterocycles. The molecule has 2 aromatic rings. The van der Waals surface area contributed by atoms with Crippen LogP contribution in [0.25, 0.3) is 0 Å². The van der Waals surface area contributed by atoms with E-state index in [2.05, 4.69) is 25.2 Å². The normalized spacial score (nSPS) is 14.0. The molecular formula is C20H27ClN6O. The number of nitrogens with one attached hydrogen (secondary N) is 1. The number of anilines is 2. The Kier molecular flexibility index (Phi) is 7.03. The highest BCUT2D eigenvalue weighted by molar-refractivity contribution is 6.30. The maximum Gasteiger partial charge on any atom is 0.230 e. The van der Waals surface area contributed by atoms with Gasteiger partial charge in [0.25, 0.3) is 0 Å². The lowest BCUT2D eigenvalue weighted by Crippen LogP contribution is -2.33. The lowest BCUT2D eigenvalue weighted by Gasteiger charge is -2.27. The first-order valence-corrected chi connectivity index (χ1v) is 10.1. The summed E-state index contributed by atoms with van der Waals surface area (Å²) in [6.45, 7) is 2.21. The Labute approximate surface area is 171 Å². The number of aryl methyl sites for hydroxylation is 1. The van der Waals surface area contributed by atoms with Gasteiger partial charge in [-0.3, -0.25) is 4.79 Å². The van der Waals surface area contributed by atoms with Gasteiger partial charge >= 0.3 is 0 Å². The highest BCUT2D eigenvalue weighted by atomic mass is 35.5. The van der Waals surface area contributed by atoms with Crippen molar-refractivity contribution in [2.75, 3.05) is 37.0 Å². The van der Waals surface area contributed by atoms with Crippen molar-refractivity contribution in [2.24, 2.45) is 0 Å². The van der Waals surface area contributed by atoms with Gasteiger partial charge in [-0.2, -0.15) is 15.0 Å². The van der Waals surface area contributed by atoms with Crippen molar-refractivity contribution in [3.05, 3.63) is 40.7 Å². The number of nitrogens with zero attached hydrogens (tertiary/aromatic N) is 5. The molecule has 0 radical (unpaired) electrons. The lowest BCUT2D eigenvalue weighted by molar-refractivity contribution is -0.121. The molecule has 0 spiro atoms. The molecule has 1 N–H and O–H groups in total. The highest BCUT2D eigenvalue weighted by Crippen LogP contribution is 2.18. The third-order valence-electron chi connectivity index (χ3n) is 4.67. The van der Waals surface area contributed by atoms with E-state index in [9.17, 15) is 4.79 Å². The van der Waals surface area contributed by atoms with Gasteiger partial charge in [0.2, 0.25) is 17.8 Å². The minimum atomic E-state index is -0.0358. The number of carbonyl (C=O) groups excluding carboxylic acids is 1. The largest absolute Gasteiger partial charge is 0.349 e. The van der Waals surface area contributed by atoms with Gasteiger partial charge in [-0.1, -0.05) is 23.7 Å². The van der Waals surface area contributed by atoms with E-state index < -0.39 is 0 Å². The van der Waals surface area contributed by atoms with Crippen LogP contribution in [0.15, 0.2) is 24.3 Å². The smallest absolute Gasteiger partial charge is 0.230 e. The molecule has 0 aliphatic carbocycles. The zero-order valence-corrected chi connectivity index (χ0v) is 17.2. The molecule has 0 atom stereocenters. The molecule has 1 aliphatic heterocycles. The number of amides is 1. The SMILES string of the molecule is CN(C)c1nc(CNC(=O)CCc2cccc(Cl)c2)nc(N2CCCCC2)n1. The van der Waals surface area contributed by atoms with Crippen LogP contribution in [0, 0.1) is 0 Å². The molecule has 1 fully saturated rings. The van der Waals surface area contributed by atoms with E-state index in [0.29, 0.717) is 42.1 Å². The monoisotopic (exact) mass is 402 g/mol. The zero-order chi connectivity index (χ0) is 19.9. The van der Waals surface area contributed by atoms with Crippen LogP contribution in [-0.2, 0) is 17.8 Å². The average Bonchev–Trinajstić information content (AvgIpc) is 2.71. The van der Waals surface area contributed by atoms with Crippen molar-refractivity contribution >= 4 is 29.4 Å². The van der Waals surface area contributed by atoms with Crippen LogP contribution in [0.5, 0.6) is 0 Å². The standard InChI is InChI=1S/C20H27ClN6O/c1-26(2)19-23-17(24-20(25-19)27-11-4-3-5-12-27)14-22-18(28)10-9-15-7-6-8-16(21)13-15/h6-8,13H,3-5,9-12,14H2,1-2H3,(H,22,28). The number of piperidine rings is 1. The molecule has 150 valence electrons. The van der Waals surface area contributed by atoms with Crippen molar-refractivity contribution < 1.29 is 4.79 Å². The molecule has 8 heteroatoms. The van der Waals surface area contributed by atoms with Crippen LogP contribution in [0.2, 0.25) is 5.02 Å². The molecular weight excluding hydrogens is 376 g/mol. The van der Waals surface area contributed by atoms with Gasteiger partial charge in [0.15, 0.2) is 5.82 Å². The van der Waals surface area contributed by atoms with E-state index in [0.717, 1.165) is 31.5 Å². The van der Waals surface area contributed by atoms with Gasteiger partial charge in [-0.15, -0.1) is 0 Å². The topological polar surface area (TPSA) is 74.2 Å². The first-order valence-electron chi connectivity index (χ1n) is 9.69. The summed E-state index contributed by atoms with van der Waals surface area (Å²) in [5, 5.41) is 3.60. The Morgan fingerprint density at radius 1 is 1.18 bits per heavy atom. The summed E-state index contributed by atoms with van der Waals surface area (Å²) in [6.07, 6.45) is 4.59. The number of rotatable bonds is 7. The predicted octanol–water partition coefficient (Wildman–Crippen LogP) is 2.83. The van der Waals surface area contributed by atoms with E-state index in [-0.39, 0.29) is 5.91 Å². The third kappa shape index (κ3) is 5.79. The van der Waals surface area contributed by atoms with Gasteiger partial charge < -0.3 is 15.1 Å². The molecule has 1 aromatic carbocycles. The number of carbonyl (C=O) groups is 1. The number of halogens is 1. The molecule has 1 aromatic heterocycles. The highest BCUT2D eigenvalue weighted by Gasteiger charge is 2.17. The van der Waals surface area contributed by atoms with Crippen molar-refractivity contribution in [3.8, 4) is 0 Å². The molecule has 0 unspecified atom stereocenters. The van der Waals surface area contributed by atoms with Gasteiger partial charge in [0.1, 0.15) is 0 Å². The first-order chi connectivity index (χ1) is 13.5. The number of hydrogen-bond donors (Lipinski definition) is 1. The second-order valence-electron chi connectivity index (χ2n) is 7.20. The summed E-state index contributed by atoms with van der Waals surface area (Å²) in [6, 6.07) is 7.58. The predicted molar refractivity (Wildman–Crippen MR) is 112 cm³/mol. The number of benzene rings is 1. The summed E-state index contributed by atoms with van der Waals surface area (Å²) >= 11 is 5.99. The third-order valence-corrected chi connectivity index (χ3v) is 4.91. The fraction of sp³-hybridized carbons (Fsp3) is 0.500. The van der Waals surface area contributed by atoms with E-state index in [1.54, 1.807) is 0 Å². The fourth-order valence-corrected chi connectivity index (χ4v) is 3.34. The second kappa shape index (κ2) is 9.68. The molecule has 28 heavy (non-hydrogen) atoms. The molecule has 0 saturated carbocycles. The number of aromatic nitrogens is 3. The van der Waals surface area contributed by atoms with Crippen LogP contribution < -0.4 is 15.1 Å². The minimum absolute atomic E-state index is 0.0358. The molecule has 3 rings (SSSR count). The Morgan fingerprint density at radius 2 is 1.96 bits per heavy atom. The average molecular weight is 403 g/mol. The minimum Gasteiger partial charge on any atom is -0.349 e. The Balaban J connectivity index is 1.60. The number of hydrogen-bond acceptors (Lipinski definition) is 6. The van der Waals surface area contributed by atoms with E-state index in [1.807, 2.05) is 43.3 Å². The van der Waals surface area contributed by atoms with Gasteiger partial charge in [-0.05, 0) is 43.4 Å². The van der Waals surface area contributed by atoms with Crippen LogP contribution >= 0.6 is 11.6 Å². The second-order valence-corrected chi connectivity index (χ2v) is 7.64. The van der Waals surface area contributed by atoms with E-state index in [1.165, 1.54) is 6.42 Å². The van der Waals surface area contributed by atoms with E-state index in [4.69, 9.17) is 11.6 Å². The Morgan fingerprint density at radius 3 is 2.68 bits per heavy atom. The maximum absolute atomic E-state index is 12.2. The van der Waals surface area contributed by atoms with Crippen molar-refractivity contribution in [1.82, 2.24) is 20.3 Å². The molecule has 0 bridgehead atoms. The zero-order valence-electron chi connectivity index (χ0n) is 16.5. The van der Waals surface area contributed by atoms with Crippen molar-refractivity contribution in [2.45, 2.75) is 38.6 Å². The van der Waals surface area contributed by atoms with Gasteiger partial charge in [0.05, 0.1) is 6.54 Å². The summed E-state index contributed by atoms with van der Waals surface area (Å²) in [7, 11) is 3.81. The van der Waals surface area contributed by atoms with Crippen molar-refractivity contribution in [3.63, 3.8) is 0 Å². The van der Waals surface area contributed by atoms with E-state index >= 15 is 0 Å². The van der Waals surface area contributed by atoms with Crippen LogP contribution in [-0.4, -0.2) is 48.0 Å². The molecule has 7 nitrogen and oxygen atoms in total. The van der Waals surface area contributed by atoms with Crippen LogP contribution in [0.4, 0.5) is 11.9 Å². The molecule has 1 aliphatic rings. The van der Waals surface area contributed by atoms with Crippen molar-refractivity contribution in [1.29, 1.82) is 0 Å². The maximum atomic E-state index is 12.2.